The van der Waals surface area contributed by atoms with Gasteiger partial charge in [0, 0.05) is 18.2 Å². The predicted molar refractivity (Wildman–Crippen MR) is 148 cm³/mol. The molecule has 4 rings (SSSR count). The van der Waals surface area contributed by atoms with Crippen LogP contribution in [-0.4, -0.2) is 79.9 Å². The van der Waals surface area contributed by atoms with Crippen LogP contribution in [0, 0.1) is 5.92 Å². The van der Waals surface area contributed by atoms with Gasteiger partial charge in [0.1, 0.15) is 12.5 Å². The molecule has 0 radical (unpaired) electrons. The van der Waals surface area contributed by atoms with Crippen LogP contribution in [0.3, 0.4) is 0 Å². The molecule has 15 nitrogen and oxygen atoms in total. The lowest BCUT2D eigenvalue weighted by atomic mass is 9.75. The highest BCUT2D eigenvalue weighted by Crippen LogP contribution is 2.44. The second-order valence-electron chi connectivity index (χ2n) is 8.72. The third kappa shape index (κ3) is 6.99. The molecule has 1 aromatic carbocycles. The molecule has 2 unspecified atom stereocenters. The summed E-state index contributed by atoms with van der Waals surface area (Å²) in [6.45, 7) is 4.11. The summed E-state index contributed by atoms with van der Waals surface area (Å²) >= 11 is 12.9. The van der Waals surface area contributed by atoms with E-state index in [0.717, 1.165) is 0 Å². The number of carbonyl (C=O) groups excluding carboxylic acids is 2. The number of rotatable bonds is 12. The molecule has 0 amide bonds. The molecule has 0 saturated carbocycles. The number of aromatic nitrogens is 7. The van der Waals surface area contributed by atoms with Gasteiger partial charge in [0.25, 0.3) is 0 Å². The van der Waals surface area contributed by atoms with Crippen LogP contribution in [0.1, 0.15) is 31.2 Å². The van der Waals surface area contributed by atoms with Crippen LogP contribution < -0.4 is 11.1 Å². The third-order valence-corrected chi connectivity index (χ3v) is 6.88. The van der Waals surface area contributed by atoms with Crippen LogP contribution in [0.2, 0.25) is 10.0 Å². The fourth-order valence-electron chi connectivity index (χ4n) is 4.31. The summed E-state index contributed by atoms with van der Waals surface area (Å²) in [5.41, 5.74) is 6.75. The van der Waals surface area contributed by atoms with Gasteiger partial charge in [-0.3, -0.25) is 9.79 Å². The molecule has 1 aliphatic heterocycles. The number of anilines is 2. The number of benzene rings is 1. The highest BCUT2D eigenvalue weighted by atomic mass is 35.5. The van der Waals surface area contributed by atoms with Crippen LogP contribution in [0.15, 0.2) is 34.5 Å². The first-order valence-electron chi connectivity index (χ1n) is 12.5. The number of carbonyl (C=O) groups is 2. The Morgan fingerprint density at radius 3 is 2.76 bits per heavy atom. The van der Waals surface area contributed by atoms with E-state index in [4.69, 9.17) is 43.1 Å². The van der Waals surface area contributed by atoms with E-state index in [1.54, 1.807) is 32.0 Å². The molecule has 0 bridgehead atoms. The van der Waals surface area contributed by atoms with Crippen molar-refractivity contribution in [3.05, 3.63) is 50.9 Å². The minimum atomic E-state index is -0.942. The number of hydrogen-bond donors (Lipinski definition) is 3. The van der Waals surface area contributed by atoms with Crippen molar-refractivity contribution in [2.75, 3.05) is 37.9 Å². The van der Waals surface area contributed by atoms with Gasteiger partial charge in [0.15, 0.2) is 5.82 Å². The predicted octanol–water partition coefficient (Wildman–Crippen LogP) is 2.17. The molecule has 1 aliphatic rings. The Morgan fingerprint density at radius 1 is 1.24 bits per heavy atom. The molecule has 17 heteroatoms. The van der Waals surface area contributed by atoms with Crippen molar-refractivity contribution in [1.29, 1.82) is 0 Å². The zero-order valence-corrected chi connectivity index (χ0v) is 23.9. The number of hydrogen-bond acceptors (Lipinski definition) is 13. The number of methoxy groups -OCH3 is 1. The van der Waals surface area contributed by atoms with E-state index in [0.29, 0.717) is 36.1 Å². The van der Waals surface area contributed by atoms with E-state index >= 15 is 0 Å². The Morgan fingerprint density at radius 2 is 2.05 bits per heavy atom. The molecule has 0 spiro atoms. The number of tetrazole rings is 1. The smallest absolute Gasteiger partial charge is 0.336 e. The molecule has 41 heavy (non-hydrogen) atoms. The topological polar surface area (TPSA) is 197 Å². The average molecular weight is 607 g/mol. The lowest BCUT2D eigenvalue weighted by Crippen LogP contribution is -2.37. The normalized spacial score (nSPS) is 16.9. The summed E-state index contributed by atoms with van der Waals surface area (Å²) in [6.07, 6.45) is 0. The highest BCUT2D eigenvalue weighted by Gasteiger charge is 2.44. The van der Waals surface area contributed by atoms with E-state index in [2.05, 4.69) is 40.9 Å². The molecular weight excluding hydrogens is 579 g/mol. The Balaban J connectivity index is 1.54. The highest BCUT2D eigenvalue weighted by molar-refractivity contribution is 6.42. The largest absolute Gasteiger partial charge is 0.468 e. The van der Waals surface area contributed by atoms with Gasteiger partial charge >= 0.3 is 11.9 Å². The lowest BCUT2D eigenvalue weighted by Gasteiger charge is -2.32. The van der Waals surface area contributed by atoms with E-state index in [9.17, 15) is 9.59 Å². The summed E-state index contributed by atoms with van der Waals surface area (Å²) in [5, 5.41) is 22.1. The van der Waals surface area contributed by atoms with E-state index < -0.39 is 23.8 Å². The van der Waals surface area contributed by atoms with Gasteiger partial charge in [-0.1, -0.05) is 35.3 Å². The maximum atomic E-state index is 13.3. The Kier molecular flexibility index (Phi) is 9.86. The molecular formula is C24H28Cl2N10O5. The third-order valence-electron chi connectivity index (χ3n) is 6.05. The van der Waals surface area contributed by atoms with Gasteiger partial charge in [0.2, 0.25) is 11.9 Å². The number of aliphatic imine (C=N–C) groups is 1. The second kappa shape index (κ2) is 13.5. The quantitative estimate of drug-likeness (QED) is 0.254. The van der Waals surface area contributed by atoms with Gasteiger partial charge in [-0.2, -0.15) is 9.78 Å². The zero-order valence-electron chi connectivity index (χ0n) is 22.4. The Labute approximate surface area is 244 Å². The van der Waals surface area contributed by atoms with Crippen molar-refractivity contribution >= 4 is 52.7 Å². The molecule has 4 N–H and O–H groups in total. The van der Waals surface area contributed by atoms with Gasteiger partial charge in [0.05, 0.1) is 48.2 Å². The first kappa shape index (κ1) is 29.9. The number of nitrogens with zero attached hydrogens (tertiary/aromatic N) is 7. The maximum Gasteiger partial charge on any atom is 0.336 e. The molecule has 2 atom stereocenters. The van der Waals surface area contributed by atoms with Crippen molar-refractivity contribution in [2.24, 2.45) is 10.9 Å². The van der Waals surface area contributed by atoms with Gasteiger partial charge in [-0.05, 0) is 30.7 Å². The standard InChI is InChI=1S/C24H28Cl2N10O5/c1-4-41-22(38)19-15(10-40-11-16-31-35-36(34-16)9-8-28-24-30-23(27)32-33-24)29-12(2)17(21(37)39-3)18(19)13-6-5-7-14(25)20(13)26/h5-7,17-18H,4,8-11H2,1-3H3,(H4,27,28,30,32,33). The van der Waals surface area contributed by atoms with Crippen LogP contribution in [-0.2, 0) is 37.0 Å². The number of nitrogen functional groups attached to an aromatic ring is 1. The maximum absolute atomic E-state index is 13.3. The number of nitrogens with two attached hydrogens (primary N) is 1. The number of H-pyrrole nitrogens is 1. The van der Waals surface area contributed by atoms with Crippen molar-refractivity contribution < 1.29 is 23.8 Å². The summed E-state index contributed by atoms with van der Waals surface area (Å²) in [5.74, 6) is -2.21. The minimum Gasteiger partial charge on any atom is -0.468 e. The van der Waals surface area contributed by atoms with Gasteiger partial charge in [-0.25, -0.2) is 9.89 Å². The molecule has 0 fully saturated rings. The SMILES string of the molecule is CCOC(=O)C1=C(COCc2nnn(CCNc3n[nH]c(N)n3)n2)N=C(C)C(C(=O)OC)C1c1cccc(Cl)c1Cl. The molecule has 218 valence electrons. The number of ether oxygens (including phenoxy) is 3. The summed E-state index contributed by atoms with van der Waals surface area (Å²) < 4.78 is 16.2. The fraction of sp³-hybridized carbons (Fsp3) is 0.417. The number of nitrogens with one attached hydrogen (secondary N) is 2. The molecule has 0 saturated heterocycles. The molecule has 3 aromatic rings. The summed E-state index contributed by atoms with van der Waals surface area (Å²) in [4.78, 5) is 36.1. The average Bonchev–Trinajstić information content (AvgIpc) is 3.58. The van der Waals surface area contributed by atoms with Crippen LogP contribution in [0.25, 0.3) is 0 Å². The summed E-state index contributed by atoms with van der Waals surface area (Å²) in [6, 6.07) is 4.99. The second-order valence-corrected chi connectivity index (χ2v) is 9.51. The molecule has 2 aromatic heterocycles. The molecule has 3 heterocycles. The monoisotopic (exact) mass is 606 g/mol. The van der Waals surface area contributed by atoms with Crippen molar-refractivity contribution in [1.82, 2.24) is 35.4 Å². The lowest BCUT2D eigenvalue weighted by molar-refractivity contribution is -0.144. The van der Waals surface area contributed by atoms with E-state index in [1.165, 1.54) is 11.9 Å². The van der Waals surface area contributed by atoms with E-state index in [-0.39, 0.29) is 47.1 Å². The van der Waals surface area contributed by atoms with E-state index in [1.807, 2.05) is 0 Å². The number of esters is 2. The van der Waals surface area contributed by atoms with Crippen molar-refractivity contribution in [3.63, 3.8) is 0 Å². The van der Waals surface area contributed by atoms with Gasteiger partial charge < -0.3 is 25.3 Å². The van der Waals surface area contributed by atoms with Crippen LogP contribution >= 0.6 is 23.2 Å². The van der Waals surface area contributed by atoms with Gasteiger partial charge in [-0.15, -0.1) is 15.3 Å². The molecule has 0 aliphatic carbocycles. The first-order chi connectivity index (χ1) is 19.7. The number of aromatic amines is 1. The fourth-order valence-corrected chi connectivity index (χ4v) is 4.74. The van der Waals surface area contributed by atoms with Crippen LogP contribution in [0.4, 0.5) is 11.9 Å². The van der Waals surface area contributed by atoms with Crippen molar-refractivity contribution in [3.8, 4) is 0 Å². The minimum absolute atomic E-state index is 0.0257. The number of halogens is 2. The first-order valence-corrected chi connectivity index (χ1v) is 13.2. The summed E-state index contributed by atoms with van der Waals surface area (Å²) in [7, 11) is 1.26. The Bertz CT molecular complexity index is 1470. The van der Waals surface area contributed by atoms with Crippen molar-refractivity contribution in [2.45, 2.75) is 32.9 Å². The zero-order chi connectivity index (χ0) is 29.5. The Hall–Kier alpha value is -4.08. The van der Waals surface area contributed by atoms with Crippen LogP contribution in [0.5, 0.6) is 0 Å².